The maximum Gasteiger partial charge on any atom is 0.337 e. The molecule has 0 aromatic carbocycles. The molecule has 1 aromatic rings. The second-order valence-electron chi connectivity index (χ2n) is 2.50. The van der Waals surface area contributed by atoms with Gasteiger partial charge >= 0.3 is 5.97 Å². The minimum atomic E-state index is -1.11. The van der Waals surface area contributed by atoms with E-state index in [-0.39, 0.29) is 17.2 Å². The van der Waals surface area contributed by atoms with E-state index in [0.29, 0.717) is 12.4 Å². The van der Waals surface area contributed by atoms with Crippen LogP contribution in [0.5, 0.6) is 0 Å². The molecule has 5 nitrogen and oxygen atoms in total. The molecule has 0 radical (unpaired) electrons. The minimum absolute atomic E-state index is 0.0119. The molecule has 76 valence electrons. The highest BCUT2D eigenvalue weighted by molar-refractivity contribution is 6.33. The number of aromatic carboxylic acids is 1. The Labute approximate surface area is 85.3 Å². The molecular formula is C8H9ClN2O3. The summed E-state index contributed by atoms with van der Waals surface area (Å²) in [7, 11) is 0. The zero-order valence-electron chi connectivity index (χ0n) is 7.20. The van der Waals surface area contributed by atoms with Gasteiger partial charge in [0, 0.05) is 12.7 Å². The molecule has 0 atom stereocenters. The number of hydrogen-bond donors (Lipinski definition) is 3. The summed E-state index contributed by atoms with van der Waals surface area (Å²) in [5.41, 5.74) is -0.0119. The van der Waals surface area contributed by atoms with E-state index in [0.717, 1.165) is 0 Å². The van der Waals surface area contributed by atoms with E-state index in [9.17, 15) is 4.79 Å². The van der Waals surface area contributed by atoms with E-state index in [1.165, 1.54) is 12.3 Å². The molecule has 0 aliphatic rings. The van der Waals surface area contributed by atoms with Gasteiger partial charge in [-0.15, -0.1) is 0 Å². The van der Waals surface area contributed by atoms with Crippen molar-refractivity contribution in [1.29, 1.82) is 0 Å². The van der Waals surface area contributed by atoms with Crippen molar-refractivity contribution < 1.29 is 15.0 Å². The van der Waals surface area contributed by atoms with Crippen molar-refractivity contribution in [3.05, 3.63) is 22.8 Å². The highest BCUT2D eigenvalue weighted by atomic mass is 35.5. The molecule has 0 bridgehead atoms. The number of carbonyl (C=O) groups is 1. The molecule has 0 aliphatic carbocycles. The Morgan fingerprint density at radius 3 is 2.93 bits per heavy atom. The second kappa shape index (κ2) is 4.78. The number of nitrogens with one attached hydrogen (secondary N) is 1. The third-order valence-electron chi connectivity index (χ3n) is 1.50. The van der Waals surface area contributed by atoms with Crippen LogP contribution < -0.4 is 5.32 Å². The summed E-state index contributed by atoms with van der Waals surface area (Å²) < 4.78 is 0. The van der Waals surface area contributed by atoms with Crippen molar-refractivity contribution in [3.8, 4) is 0 Å². The molecule has 0 aliphatic heterocycles. The van der Waals surface area contributed by atoms with Gasteiger partial charge in [-0.25, -0.2) is 9.78 Å². The largest absolute Gasteiger partial charge is 0.478 e. The molecule has 3 N–H and O–H groups in total. The zero-order chi connectivity index (χ0) is 10.6. The number of anilines is 1. The van der Waals surface area contributed by atoms with Gasteiger partial charge in [0.25, 0.3) is 0 Å². The molecule has 6 heteroatoms. The van der Waals surface area contributed by atoms with Gasteiger partial charge in [0.2, 0.25) is 0 Å². The van der Waals surface area contributed by atoms with Gasteiger partial charge in [0.1, 0.15) is 5.82 Å². The van der Waals surface area contributed by atoms with Crippen molar-refractivity contribution in [1.82, 2.24) is 4.98 Å². The topological polar surface area (TPSA) is 82.5 Å². The van der Waals surface area contributed by atoms with Gasteiger partial charge < -0.3 is 15.5 Å². The quantitative estimate of drug-likeness (QED) is 0.695. The van der Waals surface area contributed by atoms with E-state index in [4.69, 9.17) is 21.8 Å². The van der Waals surface area contributed by atoms with Crippen LogP contribution in [0.25, 0.3) is 0 Å². The first-order chi connectivity index (χ1) is 6.65. The van der Waals surface area contributed by atoms with E-state index in [1.807, 2.05) is 0 Å². The summed E-state index contributed by atoms with van der Waals surface area (Å²) in [6.45, 7) is 0.264. The Morgan fingerprint density at radius 1 is 1.64 bits per heavy atom. The summed E-state index contributed by atoms with van der Waals surface area (Å²) in [5, 5.41) is 20.1. The molecule has 14 heavy (non-hydrogen) atoms. The van der Waals surface area contributed by atoms with Crippen LogP contribution >= 0.6 is 11.6 Å². The Hall–Kier alpha value is -1.33. The van der Waals surface area contributed by atoms with Gasteiger partial charge in [0.15, 0.2) is 0 Å². The number of hydrogen-bond acceptors (Lipinski definition) is 4. The van der Waals surface area contributed by atoms with Gasteiger partial charge in [0.05, 0.1) is 17.2 Å². The SMILES string of the molecule is O=C(O)c1cc(NCCO)ncc1Cl. The molecule has 1 rings (SSSR count). The van der Waals surface area contributed by atoms with E-state index >= 15 is 0 Å². The lowest BCUT2D eigenvalue weighted by Gasteiger charge is -2.04. The van der Waals surface area contributed by atoms with Crippen LogP contribution in [0.2, 0.25) is 5.02 Å². The average Bonchev–Trinajstić information content (AvgIpc) is 2.16. The smallest absolute Gasteiger partial charge is 0.337 e. The summed E-state index contributed by atoms with van der Waals surface area (Å²) in [4.78, 5) is 14.5. The number of carboxylic acid groups (broad SMARTS) is 1. The third-order valence-corrected chi connectivity index (χ3v) is 1.80. The summed E-state index contributed by atoms with van der Waals surface area (Å²) in [5.74, 6) is -0.731. The van der Waals surface area contributed by atoms with Crippen LogP contribution in [0.3, 0.4) is 0 Å². The number of carboxylic acids is 1. The summed E-state index contributed by atoms with van der Waals surface area (Å²) in [6, 6.07) is 1.32. The van der Waals surface area contributed by atoms with Gasteiger partial charge in [-0.2, -0.15) is 0 Å². The summed E-state index contributed by atoms with van der Waals surface area (Å²) in [6.07, 6.45) is 1.25. The number of aliphatic hydroxyl groups excluding tert-OH is 1. The predicted molar refractivity (Wildman–Crippen MR) is 51.8 cm³/mol. The maximum absolute atomic E-state index is 10.7. The molecule has 0 unspecified atom stereocenters. The Morgan fingerprint density at radius 2 is 2.36 bits per heavy atom. The molecule has 1 aromatic heterocycles. The number of aromatic nitrogens is 1. The molecule has 1 heterocycles. The van der Waals surface area contributed by atoms with Gasteiger partial charge in [-0.05, 0) is 6.07 Å². The van der Waals surface area contributed by atoms with Crippen molar-refractivity contribution in [3.63, 3.8) is 0 Å². The minimum Gasteiger partial charge on any atom is -0.478 e. The first-order valence-corrected chi connectivity index (χ1v) is 4.26. The molecule has 0 spiro atoms. The predicted octanol–water partition coefficient (Wildman–Crippen LogP) is 0.837. The first-order valence-electron chi connectivity index (χ1n) is 3.88. The monoisotopic (exact) mass is 216 g/mol. The van der Waals surface area contributed by atoms with Crippen LogP contribution in [0, 0.1) is 0 Å². The fourth-order valence-corrected chi connectivity index (χ4v) is 1.07. The first kappa shape index (κ1) is 10.7. The third kappa shape index (κ3) is 2.58. The van der Waals surface area contributed by atoms with Gasteiger partial charge in [-0.3, -0.25) is 0 Å². The number of rotatable bonds is 4. The molecule has 0 amide bonds. The number of nitrogens with zero attached hydrogens (tertiary/aromatic N) is 1. The molecule has 0 saturated carbocycles. The van der Waals surface area contributed by atoms with E-state index in [1.54, 1.807) is 0 Å². The Kier molecular flexibility index (Phi) is 3.67. The normalized spacial score (nSPS) is 9.86. The van der Waals surface area contributed by atoms with Crippen molar-refractivity contribution in [2.75, 3.05) is 18.5 Å². The Bertz CT molecular complexity index is 343. The van der Waals surface area contributed by atoms with Crippen LogP contribution in [-0.4, -0.2) is 34.3 Å². The zero-order valence-corrected chi connectivity index (χ0v) is 7.95. The van der Waals surface area contributed by atoms with Crippen LogP contribution in [0.1, 0.15) is 10.4 Å². The van der Waals surface area contributed by atoms with Crippen LogP contribution in [0.4, 0.5) is 5.82 Å². The Balaban J connectivity index is 2.89. The lowest BCUT2D eigenvalue weighted by molar-refractivity contribution is 0.0697. The van der Waals surface area contributed by atoms with Crippen molar-refractivity contribution in [2.45, 2.75) is 0 Å². The highest BCUT2D eigenvalue weighted by Crippen LogP contribution is 2.17. The maximum atomic E-state index is 10.7. The number of aliphatic hydroxyl groups is 1. The fraction of sp³-hybridized carbons (Fsp3) is 0.250. The summed E-state index contributed by atoms with van der Waals surface area (Å²) >= 11 is 5.60. The fourth-order valence-electron chi connectivity index (χ4n) is 0.883. The van der Waals surface area contributed by atoms with Crippen molar-refractivity contribution in [2.24, 2.45) is 0 Å². The lowest BCUT2D eigenvalue weighted by Crippen LogP contribution is -2.08. The standard InChI is InChI=1S/C8H9ClN2O3/c9-6-4-11-7(10-1-2-12)3-5(6)8(13)14/h3-4,12H,1-2H2,(H,10,11)(H,13,14). The second-order valence-corrected chi connectivity index (χ2v) is 2.91. The van der Waals surface area contributed by atoms with Crippen LogP contribution in [-0.2, 0) is 0 Å². The highest BCUT2D eigenvalue weighted by Gasteiger charge is 2.09. The number of pyridine rings is 1. The molecular weight excluding hydrogens is 208 g/mol. The van der Waals surface area contributed by atoms with Gasteiger partial charge in [-0.1, -0.05) is 11.6 Å². The average molecular weight is 217 g/mol. The number of halogens is 1. The van der Waals surface area contributed by atoms with Crippen LogP contribution in [0.15, 0.2) is 12.3 Å². The molecule has 0 saturated heterocycles. The van der Waals surface area contributed by atoms with E-state index < -0.39 is 5.97 Å². The van der Waals surface area contributed by atoms with Crippen molar-refractivity contribution >= 4 is 23.4 Å². The lowest BCUT2D eigenvalue weighted by atomic mass is 10.2. The van der Waals surface area contributed by atoms with E-state index in [2.05, 4.69) is 10.3 Å². The molecule has 0 fully saturated rings.